The molecule has 1 aliphatic carbocycles. The molecule has 2 heteroatoms. The van der Waals surface area contributed by atoms with Crippen molar-refractivity contribution in [1.29, 1.82) is 0 Å². The predicted octanol–water partition coefficient (Wildman–Crippen LogP) is 5.35. The Kier molecular flexibility index (Phi) is 5.23. The molecule has 0 amide bonds. The first-order valence-electron chi connectivity index (χ1n) is 7.30. The highest BCUT2D eigenvalue weighted by Gasteiger charge is 2.14. The van der Waals surface area contributed by atoms with Gasteiger partial charge in [-0.1, -0.05) is 52.6 Å². The lowest BCUT2D eigenvalue weighted by Gasteiger charge is -2.20. The fraction of sp³-hybridized carbons (Fsp3) is 0.529. The molecule has 0 heterocycles. The van der Waals surface area contributed by atoms with Crippen LogP contribution in [-0.4, -0.2) is 0 Å². The smallest absolute Gasteiger partial charge is 0.0511 e. The van der Waals surface area contributed by atoms with Gasteiger partial charge in [0.05, 0.1) is 6.04 Å². The summed E-state index contributed by atoms with van der Waals surface area (Å²) in [5, 5.41) is 0. The van der Waals surface area contributed by atoms with Gasteiger partial charge in [-0.2, -0.15) is 0 Å². The summed E-state index contributed by atoms with van der Waals surface area (Å²) in [5.41, 5.74) is 11.7. The van der Waals surface area contributed by atoms with Gasteiger partial charge in [0, 0.05) is 4.47 Å². The van der Waals surface area contributed by atoms with Crippen molar-refractivity contribution in [1.82, 2.24) is 0 Å². The molecule has 0 aliphatic heterocycles. The molecule has 0 aromatic heterocycles. The van der Waals surface area contributed by atoms with Crippen LogP contribution >= 0.6 is 15.9 Å². The van der Waals surface area contributed by atoms with Gasteiger partial charge in [0.2, 0.25) is 0 Å². The maximum absolute atomic E-state index is 6.49. The third-order valence-corrected chi connectivity index (χ3v) is 5.29. The zero-order chi connectivity index (χ0) is 13.8. The van der Waals surface area contributed by atoms with Crippen molar-refractivity contribution in [2.45, 2.75) is 58.4 Å². The van der Waals surface area contributed by atoms with E-state index in [2.05, 4.69) is 48.0 Å². The first-order chi connectivity index (χ1) is 9.09. The van der Waals surface area contributed by atoms with Crippen LogP contribution in [0, 0.1) is 13.8 Å². The van der Waals surface area contributed by atoms with Crippen LogP contribution in [0.25, 0.3) is 0 Å². The summed E-state index contributed by atoms with van der Waals surface area (Å²) in [6.07, 6.45) is 10.1. The van der Waals surface area contributed by atoms with Crippen molar-refractivity contribution in [3.63, 3.8) is 0 Å². The van der Waals surface area contributed by atoms with Gasteiger partial charge in [0.15, 0.2) is 0 Å². The molecular weight excluding hydrogens is 298 g/mol. The number of allylic oxidation sites excluding steroid dienone is 1. The third kappa shape index (κ3) is 3.70. The summed E-state index contributed by atoms with van der Waals surface area (Å²) in [7, 11) is 0. The largest absolute Gasteiger partial charge is 0.321 e. The van der Waals surface area contributed by atoms with Gasteiger partial charge in [0.1, 0.15) is 0 Å². The third-order valence-electron chi connectivity index (χ3n) is 4.04. The average Bonchev–Trinajstić information content (AvgIpc) is 2.34. The first-order valence-corrected chi connectivity index (χ1v) is 8.10. The Morgan fingerprint density at radius 2 is 1.68 bits per heavy atom. The standard InChI is InChI=1S/C17H24BrN/c1-12-10-15(11-13(2)16(12)18)17(19)14-8-6-4-3-5-7-9-14/h8,10-11,17H,3-7,9,19H2,1-2H3/b14-8+. The molecule has 1 atom stereocenters. The van der Waals surface area contributed by atoms with Gasteiger partial charge in [-0.25, -0.2) is 0 Å². The SMILES string of the molecule is Cc1cc(C(N)/C2=C/CCCCCC2)cc(C)c1Br. The maximum atomic E-state index is 6.49. The van der Waals surface area contributed by atoms with Gasteiger partial charge in [-0.15, -0.1) is 0 Å². The van der Waals surface area contributed by atoms with Crippen LogP contribution in [0.2, 0.25) is 0 Å². The number of halogens is 1. The molecule has 0 bridgehead atoms. The molecule has 0 spiro atoms. The molecule has 104 valence electrons. The molecule has 0 fully saturated rings. The summed E-state index contributed by atoms with van der Waals surface area (Å²) in [4.78, 5) is 0. The minimum absolute atomic E-state index is 0.0728. The van der Waals surface area contributed by atoms with Crippen LogP contribution in [-0.2, 0) is 0 Å². The number of rotatable bonds is 2. The minimum Gasteiger partial charge on any atom is -0.321 e. The van der Waals surface area contributed by atoms with Gasteiger partial charge in [-0.3, -0.25) is 0 Å². The molecular formula is C17H24BrN. The molecule has 2 rings (SSSR count). The average molecular weight is 322 g/mol. The summed E-state index contributed by atoms with van der Waals surface area (Å²) in [5.74, 6) is 0. The Balaban J connectivity index is 2.25. The molecule has 1 nitrogen and oxygen atoms in total. The van der Waals surface area contributed by atoms with E-state index in [0.717, 1.165) is 6.42 Å². The van der Waals surface area contributed by atoms with Crippen molar-refractivity contribution < 1.29 is 0 Å². The zero-order valence-corrected chi connectivity index (χ0v) is 13.6. The van der Waals surface area contributed by atoms with E-state index in [9.17, 15) is 0 Å². The Labute approximate surface area is 125 Å². The van der Waals surface area contributed by atoms with Crippen LogP contribution in [0.3, 0.4) is 0 Å². The lowest BCUT2D eigenvalue weighted by Crippen LogP contribution is -2.14. The molecule has 0 saturated heterocycles. The van der Waals surface area contributed by atoms with E-state index in [0.29, 0.717) is 0 Å². The highest BCUT2D eigenvalue weighted by Crippen LogP contribution is 2.30. The van der Waals surface area contributed by atoms with E-state index in [1.165, 1.54) is 58.8 Å². The topological polar surface area (TPSA) is 26.0 Å². The van der Waals surface area contributed by atoms with E-state index in [1.807, 2.05) is 0 Å². The molecule has 1 aliphatic rings. The van der Waals surface area contributed by atoms with Crippen molar-refractivity contribution in [2.75, 3.05) is 0 Å². The summed E-state index contributed by atoms with van der Waals surface area (Å²) < 4.78 is 1.20. The lowest BCUT2D eigenvalue weighted by atomic mass is 9.90. The van der Waals surface area contributed by atoms with Crippen molar-refractivity contribution >= 4 is 15.9 Å². The van der Waals surface area contributed by atoms with Crippen molar-refractivity contribution in [3.05, 3.63) is 44.9 Å². The Hall–Kier alpha value is -0.600. The number of hydrogen-bond acceptors (Lipinski definition) is 1. The van der Waals surface area contributed by atoms with Gasteiger partial charge in [0.25, 0.3) is 0 Å². The number of aryl methyl sites for hydroxylation is 2. The van der Waals surface area contributed by atoms with Crippen LogP contribution in [0.1, 0.15) is 61.3 Å². The highest BCUT2D eigenvalue weighted by molar-refractivity contribution is 9.10. The van der Waals surface area contributed by atoms with E-state index in [4.69, 9.17) is 5.73 Å². The first kappa shape index (κ1) is 14.8. The Morgan fingerprint density at radius 3 is 2.37 bits per heavy atom. The second-order valence-electron chi connectivity index (χ2n) is 5.68. The van der Waals surface area contributed by atoms with Gasteiger partial charge >= 0.3 is 0 Å². The highest BCUT2D eigenvalue weighted by atomic mass is 79.9. The quantitative estimate of drug-likeness (QED) is 0.730. The minimum atomic E-state index is 0.0728. The van der Waals surface area contributed by atoms with E-state index in [1.54, 1.807) is 0 Å². The zero-order valence-electron chi connectivity index (χ0n) is 12.0. The fourth-order valence-electron chi connectivity index (χ4n) is 2.87. The van der Waals surface area contributed by atoms with E-state index >= 15 is 0 Å². The maximum Gasteiger partial charge on any atom is 0.0511 e. The predicted molar refractivity (Wildman–Crippen MR) is 86.3 cm³/mol. The summed E-state index contributed by atoms with van der Waals surface area (Å²) in [6.45, 7) is 4.28. The number of nitrogens with two attached hydrogens (primary N) is 1. The second kappa shape index (κ2) is 6.71. The molecule has 0 saturated carbocycles. The van der Waals surface area contributed by atoms with Gasteiger partial charge < -0.3 is 5.73 Å². The fourth-order valence-corrected chi connectivity index (χ4v) is 3.10. The normalized spacial score (nSPS) is 21.2. The second-order valence-corrected chi connectivity index (χ2v) is 6.47. The Morgan fingerprint density at radius 1 is 1.05 bits per heavy atom. The molecule has 0 radical (unpaired) electrons. The molecule has 1 aromatic carbocycles. The number of hydrogen-bond donors (Lipinski definition) is 1. The van der Waals surface area contributed by atoms with Crippen LogP contribution in [0.15, 0.2) is 28.3 Å². The summed E-state index contributed by atoms with van der Waals surface area (Å²) in [6, 6.07) is 4.52. The number of benzene rings is 1. The Bertz CT molecular complexity index is 453. The van der Waals surface area contributed by atoms with Crippen molar-refractivity contribution in [3.8, 4) is 0 Å². The van der Waals surface area contributed by atoms with Crippen molar-refractivity contribution in [2.24, 2.45) is 5.73 Å². The monoisotopic (exact) mass is 321 g/mol. The summed E-state index contributed by atoms with van der Waals surface area (Å²) >= 11 is 3.63. The lowest BCUT2D eigenvalue weighted by molar-refractivity contribution is 0.602. The van der Waals surface area contributed by atoms with Crippen LogP contribution in [0.5, 0.6) is 0 Å². The molecule has 19 heavy (non-hydrogen) atoms. The molecule has 2 N–H and O–H groups in total. The van der Waals surface area contributed by atoms with E-state index < -0.39 is 0 Å². The van der Waals surface area contributed by atoms with Crippen LogP contribution < -0.4 is 5.73 Å². The van der Waals surface area contributed by atoms with Gasteiger partial charge in [-0.05, 0) is 56.2 Å². The van der Waals surface area contributed by atoms with E-state index in [-0.39, 0.29) is 6.04 Å². The molecule has 1 unspecified atom stereocenters. The molecule has 1 aromatic rings. The van der Waals surface area contributed by atoms with Crippen LogP contribution in [0.4, 0.5) is 0 Å².